The highest BCUT2D eigenvalue weighted by Gasteiger charge is 2.70. The maximum absolute atomic E-state index is 12.5. The predicted octanol–water partition coefficient (Wildman–Crippen LogP) is 1.06. The number of likely N-dealkylation sites (N-methyl/N-ethyl adjacent to an activating group) is 1. The molecule has 2 bridgehead atoms. The highest BCUT2D eigenvalue weighted by molar-refractivity contribution is 5.78. The molecule has 1 aromatic rings. The monoisotopic (exact) mass is 318 g/mol. The lowest BCUT2D eigenvalue weighted by molar-refractivity contribution is -0.938. The topological polar surface area (TPSA) is 59.1 Å². The van der Waals surface area contributed by atoms with E-state index in [1.54, 1.807) is 0 Å². The van der Waals surface area contributed by atoms with Gasteiger partial charge in [0.15, 0.2) is 0 Å². The Labute approximate surface area is 136 Å². The number of aliphatic hydroxyl groups is 1. The highest BCUT2D eigenvalue weighted by atomic mass is 16.6. The molecule has 5 nitrogen and oxygen atoms in total. The van der Waals surface area contributed by atoms with E-state index in [0.29, 0.717) is 24.3 Å². The van der Waals surface area contributed by atoms with Gasteiger partial charge >= 0.3 is 5.97 Å². The highest BCUT2D eigenvalue weighted by Crippen LogP contribution is 2.51. The minimum absolute atomic E-state index is 0.0576. The standard InChI is InChI=1S/C18H24NO4/c1-19(2)14-8-12(9-15(19)17-16(14)23-17)22-18(21)13(10-20)11-6-4-3-5-7-11/h3-7,12-17,20H,8-10H2,1-2H3/q+1/t12?,13?,14-,15?,16+,17?/m0/s1. The molecule has 3 aliphatic heterocycles. The van der Waals surface area contributed by atoms with Crippen LogP contribution in [0.4, 0.5) is 0 Å². The summed E-state index contributed by atoms with van der Waals surface area (Å²) < 4.78 is 12.5. The Bertz CT molecular complexity index is 582. The van der Waals surface area contributed by atoms with E-state index in [9.17, 15) is 9.90 Å². The molecule has 3 aliphatic rings. The SMILES string of the molecule is C[N+]1(C)C2CC(OC(=O)C(CO)c3ccccc3)C[C@H]1[C@H]1OC21. The molecule has 0 aliphatic carbocycles. The first-order chi connectivity index (χ1) is 11.0. The molecule has 4 unspecified atom stereocenters. The second-order valence-corrected chi connectivity index (χ2v) is 7.51. The molecule has 5 heteroatoms. The molecule has 0 amide bonds. The van der Waals surface area contributed by atoms with Gasteiger partial charge < -0.3 is 19.1 Å². The van der Waals surface area contributed by atoms with Crippen molar-refractivity contribution in [3.8, 4) is 0 Å². The van der Waals surface area contributed by atoms with Crippen molar-refractivity contribution < 1.29 is 23.9 Å². The molecule has 1 N–H and O–H groups in total. The summed E-state index contributed by atoms with van der Waals surface area (Å²) in [6, 6.07) is 10.2. The van der Waals surface area contributed by atoms with Crippen LogP contribution in [0.3, 0.4) is 0 Å². The largest absolute Gasteiger partial charge is 0.461 e. The molecule has 6 atom stereocenters. The van der Waals surface area contributed by atoms with Crippen molar-refractivity contribution in [3.63, 3.8) is 0 Å². The van der Waals surface area contributed by atoms with E-state index in [0.717, 1.165) is 22.9 Å². The van der Waals surface area contributed by atoms with Crippen LogP contribution in [0.25, 0.3) is 0 Å². The summed E-state index contributed by atoms with van der Waals surface area (Å²) in [5, 5.41) is 9.60. The third kappa shape index (κ3) is 2.38. The number of hydrogen-bond donors (Lipinski definition) is 1. The second-order valence-electron chi connectivity index (χ2n) is 7.51. The van der Waals surface area contributed by atoms with Crippen molar-refractivity contribution in [1.29, 1.82) is 0 Å². The minimum Gasteiger partial charge on any atom is -0.461 e. The number of carbonyl (C=O) groups excluding carboxylic acids is 1. The lowest BCUT2D eigenvalue weighted by Gasteiger charge is -2.45. The fraction of sp³-hybridized carbons (Fsp3) is 0.611. The molecule has 4 rings (SSSR count). The van der Waals surface area contributed by atoms with Crippen molar-refractivity contribution in [1.82, 2.24) is 0 Å². The summed E-state index contributed by atoms with van der Waals surface area (Å²) in [6.07, 6.45) is 2.34. The van der Waals surface area contributed by atoms with Gasteiger partial charge in [-0.2, -0.15) is 0 Å². The van der Waals surface area contributed by atoms with Gasteiger partial charge in [-0.15, -0.1) is 0 Å². The average molecular weight is 318 g/mol. The average Bonchev–Trinajstić information content (AvgIpc) is 3.27. The third-order valence-corrected chi connectivity index (χ3v) is 5.99. The smallest absolute Gasteiger partial charge is 0.316 e. The van der Waals surface area contributed by atoms with E-state index in [-0.39, 0.29) is 18.7 Å². The minimum atomic E-state index is -0.593. The molecule has 3 heterocycles. The summed E-state index contributed by atoms with van der Waals surface area (Å²) >= 11 is 0. The van der Waals surface area contributed by atoms with Crippen LogP contribution in [-0.4, -0.2) is 66.7 Å². The molecule has 0 spiro atoms. The number of aliphatic hydroxyl groups excluding tert-OH is 1. The summed E-state index contributed by atoms with van der Waals surface area (Å²) in [6.45, 7) is -0.224. The van der Waals surface area contributed by atoms with Gasteiger partial charge in [-0.25, -0.2) is 0 Å². The number of nitrogens with zero attached hydrogens (tertiary/aromatic N) is 1. The number of ether oxygens (including phenoxy) is 2. The summed E-state index contributed by atoms with van der Waals surface area (Å²) in [4.78, 5) is 12.5. The molecular weight excluding hydrogens is 294 g/mol. The van der Waals surface area contributed by atoms with Gasteiger partial charge in [0.25, 0.3) is 0 Å². The molecule has 0 aromatic heterocycles. The van der Waals surface area contributed by atoms with Crippen molar-refractivity contribution in [2.45, 2.75) is 49.2 Å². The fourth-order valence-corrected chi connectivity index (χ4v) is 4.55. The normalized spacial score (nSPS) is 37.8. The first-order valence-corrected chi connectivity index (χ1v) is 8.37. The zero-order valence-corrected chi connectivity index (χ0v) is 13.6. The van der Waals surface area contributed by atoms with Crippen LogP contribution >= 0.6 is 0 Å². The Hall–Kier alpha value is -1.43. The van der Waals surface area contributed by atoms with Crippen LogP contribution in [0.15, 0.2) is 30.3 Å². The number of rotatable bonds is 4. The number of morpholine rings is 1. The molecule has 3 saturated heterocycles. The van der Waals surface area contributed by atoms with E-state index in [4.69, 9.17) is 9.47 Å². The molecule has 0 saturated carbocycles. The number of epoxide rings is 1. The molecular formula is C18H24NO4+. The van der Waals surface area contributed by atoms with Gasteiger partial charge in [-0.3, -0.25) is 4.79 Å². The van der Waals surface area contributed by atoms with Crippen LogP contribution in [0.2, 0.25) is 0 Å². The number of benzene rings is 1. The van der Waals surface area contributed by atoms with Crippen LogP contribution in [0.5, 0.6) is 0 Å². The Morgan fingerprint density at radius 1 is 1.26 bits per heavy atom. The number of hydrogen-bond acceptors (Lipinski definition) is 4. The molecule has 1 aromatic carbocycles. The predicted molar refractivity (Wildman–Crippen MR) is 83.7 cm³/mol. The van der Waals surface area contributed by atoms with Gasteiger partial charge in [-0.1, -0.05) is 30.3 Å². The zero-order valence-electron chi connectivity index (χ0n) is 13.6. The number of esters is 1. The van der Waals surface area contributed by atoms with Crippen LogP contribution in [0.1, 0.15) is 24.3 Å². The van der Waals surface area contributed by atoms with Gasteiger partial charge in [0.1, 0.15) is 36.3 Å². The first kappa shape index (κ1) is 15.1. The molecule has 23 heavy (non-hydrogen) atoms. The maximum Gasteiger partial charge on any atom is 0.316 e. The summed E-state index contributed by atoms with van der Waals surface area (Å²) in [5.74, 6) is -0.908. The van der Waals surface area contributed by atoms with E-state index in [2.05, 4.69) is 14.1 Å². The van der Waals surface area contributed by atoms with Gasteiger partial charge in [0, 0.05) is 12.8 Å². The molecule has 0 radical (unpaired) electrons. The van der Waals surface area contributed by atoms with Crippen molar-refractivity contribution >= 4 is 5.97 Å². The number of quaternary nitrogens is 1. The first-order valence-electron chi connectivity index (χ1n) is 8.37. The van der Waals surface area contributed by atoms with Crippen molar-refractivity contribution in [3.05, 3.63) is 35.9 Å². The third-order valence-electron chi connectivity index (χ3n) is 5.99. The van der Waals surface area contributed by atoms with Gasteiger partial charge in [0.2, 0.25) is 0 Å². The van der Waals surface area contributed by atoms with Crippen LogP contribution in [0, 0.1) is 0 Å². The van der Waals surface area contributed by atoms with E-state index in [1.807, 2.05) is 30.3 Å². The second kappa shape index (κ2) is 5.30. The Kier molecular flexibility index (Phi) is 3.48. The van der Waals surface area contributed by atoms with Crippen LogP contribution in [-0.2, 0) is 14.3 Å². The van der Waals surface area contributed by atoms with Crippen molar-refractivity contribution in [2.75, 3.05) is 20.7 Å². The zero-order chi connectivity index (χ0) is 16.2. The number of piperidine rings is 1. The van der Waals surface area contributed by atoms with E-state index in [1.165, 1.54) is 0 Å². The lowest BCUT2D eigenvalue weighted by atomic mass is 9.95. The number of carbonyl (C=O) groups is 1. The summed E-state index contributed by atoms with van der Waals surface area (Å²) in [5.41, 5.74) is 0.807. The summed E-state index contributed by atoms with van der Waals surface area (Å²) in [7, 11) is 4.51. The van der Waals surface area contributed by atoms with Gasteiger partial charge in [-0.05, 0) is 5.56 Å². The Morgan fingerprint density at radius 3 is 2.43 bits per heavy atom. The van der Waals surface area contributed by atoms with E-state index < -0.39 is 5.92 Å². The van der Waals surface area contributed by atoms with Crippen LogP contribution < -0.4 is 0 Å². The molecule has 3 fully saturated rings. The van der Waals surface area contributed by atoms with E-state index >= 15 is 0 Å². The number of fused-ring (bicyclic) bond motifs is 5. The maximum atomic E-state index is 12.5. The Balaban J connectivity index is 1.44. The van der Waals surface area contributed by atoms with Crippen molar-refractivity contribution in [2.24, 2.45) is 0 Å². The quantitative estimate of drug-likeness (QED) is 0.512. The Morgan fingerprint density at radius 2 is 1.87 bits per heavy atom. The molecule has 124 valence electrons. The van der Waals surface area contributed by atoms with Gasteiger partial charge in [0.05, 0.1) is 20.7 Å². The fourth-order valence-electron chi connectivity index (χ4n) is 4.55. The lowest BCUT2D eigenvalue weighted by Crippen LogP contribution is -2.60.